The molecule has 0 N–H and O–H groups in total. The van der Waals surface area contributed by atoms with Crippen LogP contribution in [0.3, 0.4) is 0 Å². The Hall–Kier alpha value is -1.48. The van der Waals surface area contributed by atoms with Gasteiger partial charge in [-0.1, -0.05) is 36.4 Å². The summed E-state index contributed by atoms with van der Waals surface area (Å²) in [6.07, 6.45) is 1.69. The third kappa shape index (κ3) is 3.05. The second-order valence-electron chi connectivity index (χ2n) is 5.20. The fraction of sp³-hybridized carbons (Fsp3) is 0.267. The predicted molar refractivity (Wildman–Crippen MR) is 79.4 cm³/mol. The Morgan fingerprint density at radius 2 is 1.72 bits per heavy atom. The van der Waals surface area contributed by atoms with Crippen LogP contribution in [0.4, 0.5) is 0 Å². The van der Waals surface area contributed by atoms with E-state index in [9.17, 15) is 4.21 Å². The molecular formula is C15H17NOS. The van der Waals surface area contributed by atoms with Gasteiger partial charge in [0.15, 0.2) is 0 Å². The summed E-state index contributed by atoms with van der Waals surface area (Å²) in [6, 6.07) is 14.3. The van der Waals surface area contributed by atoms with Crippen molar-refractivity contribution >= 4 is 28.0 Å². The predicted octanol–water partition coefficient (Wildman–Crippen LogP) is 3.72. The fourth-order valence-electron chi connectivity index (χ4n) is 1.55. The molecule has 0 heterocycles. The Morgan fingerprint density at radius 3 is 2.39 bits per heavy atom. The molecule has 94 valence electrons. The first-order chi connectivity index (χ1) is 8.47. The fourth-order valence-corrected chi connectivity index (χ4v) is 2.09. The zero-order valence-electron chi connectivity index (χ0n) is 10.9. The molecule has 0 aromatic heterocycles. The number of hydrogen-bond donors (Lipinski definition) is 0. The molecule has 2 aromatic carbocycles. The molecule has 0 spiro atoms. The van der Waals surface area contributed by atoms with Gasteiger partial charge in [-0.15, -0.1) is 0 Å². The maximum Gasteiger partial charge on any atom is 0.144 e. The van der Waals surface area contributed by atoms with E-state index in [1.54, 1.807) is 6.21 Å². The molecule has 18 heavy (non-hydrogen) atoms. The van der Waals surface area contributed by atoms with Crippen LogP contribution in [0.5, 0.6) is 0 Å². The SMILES string of the molecule is CC(C)(C)[S@@](=O)/N=C/c1ccc2ccccc2c1. The van der Waals surface area contributed by atoms with Crippen molar-refractivity contribution in [3.63, 3.8) is 0 Å². The first-order valence-corrected chi connectivity index (χ1v) is 7.02. The van der Waals surface area contributed by atoms with Gasteiger partial charge in [-0.05, 0) is 43.2 Å². The van der Waals surface area contributed by atoms with Gasteiger partial charge in [-0.25, -0.2) is 4.21 Å². The van der Waals surface area contributed by atoms with Crippen LogP contribution < -0.4 is 0 Å². The lowest BCUT2D eigenvalue weighted by molar-refractivity contribution is 0.651. The van der Waals surface area contributed by atoms with Gasteiger partial charge in [-0.2, -0.15) is 4.40 Å². The van der Waals surface area contributed by atoms with E-state index in [0.29, 0.717) is 0 Å². The smallest absolute Gasteiger partial charge is 0.144 e. The Bertz CT molecular complexity index is 611. The highest BCUT2D eigenvalue weighted by molar-refractivity contribution is 7.85. The van der Waals surface area contributed by atoms with Gasteiger partial charge < -0.3 is 0 Å². The number of rotatable bonds is 2. The molecule has 0 aliphatic heterocycles. The lowest BCUT2D eigenvalue weighted by atomic mass is 10.1. The van der Waals surface area contributed by atoms with E-state index in [1.165, 1.54) is 10.8 Å². The molecule has 0 unspecified atom stereocenters. The molecule has 0 fully saturated rings. The third-order valence-electron chi connectivity index (χ3n) is 2.59. The summed E-state index contributed by atoms with van der Waals surface area (Å²) in [5.74, 6) is 0. The summed E-state index contributed by atoms with van der Waals surface area (Å²) in [5, 5.41) is 2.37. The molecule has 0 radical (unpaired) electrons. The van der Waals surface area contributed by atoms with Crippen LogP contribution in [-0.2, 0) is 11.0 Å². The maximum absolute atomic E-state index is 11.8. The van der Waals surface area contributed by atoms with Crippen LogP contribution in [0, 0.1) is 0 Å². The van der Waals surface area contributed by atoms with Gasteiger partial charge in [0, 0.05) is 6.21 Å². The van der Waals surface area contributed by atoms with Crippen molar-refractivity contribution < 1.29 is 4.21 Å². The molecule has 2 aromatic rings. The van der Waals surface area contributed by atoms with Crippen molar-refractivity contribution in [2.45, 2.75) is 25.5 Å². The molecular weight excluding hydrogens is 242 g/mol. The molecule has 2 rings (SSSR count). The Kier molecular flexibility index (Phi) is 3.62. The van der Waals surface area contributed by atoms with Crippen LogP contribution in [0.15, 0.2) is 46.9 Å². The van der Waals surface area contributed by atoms with Crippen LogP contribution in [0.1, 0.15) is 26.3 Å². The zero-order valence-corrected chi connectivity index (χ0v) is 11.7. The zero-order chi connectivity index (χ0) is 13.2. The highest BCUT2D eigenvalue weighted by atomic mass is 32.2. The quantitative estimate of drug-likeness (QED) is 0.756. The molecule has 0 amide bonds. The van der Waals surface area contributed by atoms with E-state index in [-0.39, 0.29) is 4.75 Å². The van der Waals surface area contributed by atoms with Crippen molar-refractivity contribution in [2.75, 3.05) is 0 Å². The minimum Gasteiger partial charge on any atom is -0.234 e. The minimum absolute atomic E-state index is 0.312. The summed E-state index contributed by atoms with van der Waals surface area (Å²) < 4.78 is 15.6. The standard InChI is InChI=1S/C15H17NOS/c1-15(2,3)18(17)16-11-12-8-9-13-6-4-5-7-14(13)10-12/h4-11H,1-3H3/b16-11+/t18-/m1/s1. The topological polar surface area (TPSA) is 29.4 Å². The molecule has 0 bridgehead atoms. The van der Waals surface area contributed by atoms with E-state index in [4.69, 9.17) is 0 Å². The van der Waals surface area contributed by atoms with Gasteiger partial charge >= 0.3 is 0 Å². The average Bonchev–Trinajstić information content (AvgIpc) is 2.34. The number of fused-ring (bicyclic) bond motifs is 1. The first-order valence-electron chi connectivity index (χ1n) is 5.92. The van der Waals surface area contributed by atoms with E-state index in [2.05, 4.69) is 28.7 Å². The monoisotopic (exact) mass is 259 g/mol. The van der Waals surface area contributed by atoms with Crippen molar-refractivity contribution in [1.82, 2.24) is 0 Å². The van der Waals surface area contributed by atoms with Gasteiger partial charge in [0.25, 0.3) is 0 Å². The molecule has 2 nitrogen and oxygen atoms in total. The maximum atomic E-state index is 11.8. The van der Waals surface area contributed by atoms with Gasteiger partial charge in [-0.3, -0.25) is 0 Å². The number of nitrogens with zero attached hydrogens (tertiary/aromatic N) is 1. The van der Waals surface area contributed by atoms with Crippen molar-refractivity contribution in [3.8, 4) is 0 Å². The van der Waals surface area contributed by atoms with Crippen LogP contribution in [0.2, 0.25) is 0 Å². The van der Waals surface area contributed by atoms with Crippen LogP contribution in [0.25, 0.3) is 10.8 Å². The van der Waals surface area contributed by atoms with Gasteiger partial charge in [0.1, 0.15) is 11.0 Å². The number of benzene rings is 2. The normalized spacial score (nSPS) is 14.2. The Labute approximate surface area is 110 Å². The summed E-state index contributed by atoms with van der Waals surface area (Å²) in [5.41, 5.74) is 0.978. The van der Waals surface area contributed by atoms with Gasteiger partial charge in [0.05, 0.1) is 4.75 Å². The number of hydrogen-bond acceptors (Lipinski definition) is 1. The molecule has 3 heteroatoms. The van der Waals surface area contributed by atoms with E-state index in [1.807, 2.05) is 39.0 Å². The molecule has 0 saturated heterocycles. The van der Waals surface area contributed by atoms with Crippen molar-refractivity contribution in [1.29, 1.82) is 0 Å². The summed E-state index contributed by atoms with van der Waals surface area (Å²) in [6.45, 7) is 5.75. The van der Waals surface area contributed by atoms with Gasteiger partial charge in [0.2, 0.25) is 0 Å². The van der Waals surface area contributed by atoms with Crippen molar-refractivity contribution in [2.24, 2.45) is 4.40 Å². The highest BCUT2D eigenvalue weighted by Gasteiger charge is 2.17. The molecule has 0 aliphatic rings. The minimum atomic E-state index is -1.20. The van der Waals surface area contributed by atoms with E-state index < -0.39 is 11.0 Å². The molecule has 1 atom stereocenters. The van der Waals surface area contributed by atoms with E-state index in [0.717, 1.165) is 5.56 Å². The Morgan fingerprint density at radius 1 is 1.06 bits per heavy atom. The summed E-state index contributed by atoms with van der Waals surface area (Å²) in [4.78, 5) is 0. The van der Waals surface area contributed by atoms with Crippen LogP contribution in [-0.4, -0.2) is 15.2 Å². The third-order valence-corrected chi connectivity index (χ3v) is 3.94. The average molecular weight is 259 g/mol. The van der Waals surface area contributed by atoms with Crippen molar-refractivity contribution in [3.05, 3.63) is 48.0 Å². The molecule has 0 saturated carbocycles. The second-order valence-corrected chi connectivity index (χ2v) is 7.14. The second kappa shape index (κ2) is 5.02. The van der Waals surface area contributed by atoms with E-state index >= 15 is 0 Å². The highest BCUT2D eigenvalue weighted by Crippen LogP contribution is 2.16. The summed E-state index contributed by atoms with van der Waals surface area (Å²) >= 11 is 0. The van der Waals surface area contributed by atoms with Crippen LogP contribution >= 0.6 is 0 Å². The lowest BCUT2D eigenvalue weighted by Crippen LogP contribution is -2.19. The lowest BCUT2D eigenvalue weighted by Gasteiger charge is -2.12. The summed E-state index contributed by atoms with van der Waals surface area (Å²) in [7, 11) is -1.20. The Balaban J connectivity index is 2.27. The first kappa shape index (κ1) is 13.0. The molecule has 0 aliphatic carbocycles. The largest absolute Gasteiger partial charge is 0.234 e.